The van der Waals surface area contributed by atoms with E-state index in [4.69, 9.17) is 9.84 Å². The average molecular weight is 291 g/mol. The molecule has 1 amide bonds. The van der Waals surface area contributed by atoms with Crippen LogP contribution >= 0.6 is 0 Å². The molecule has 21 heavy (non-hydrogen) atoms. The summed E-state index contributed by atoms with van der Waals surface area (Å²) in [6, 6.07) is 6.76. The van der Waals surface area contributed by atoms with Gasteiger partial charge in [-0.15, -0.1) is 0 Å². The summed E-state index contributed by atoms with van der Waals surface area (Å²) < 4.78 is 5.44. The van der Waals surface area contributed by atoms with Gasteiger partial charge in [0.1, 0.15) is 5.75 Å². The molecule has 1 aromatic carbocycles. The van der Waals surface area contributed by atoms with Gasteiger partial charge in [0.2, 0.25) is 0 Å². The smallest absolute Gasteiger partial charge is 0.307 e. The average Bonchev–Trinajstić information content (AvgIpc) is 2.41. The van der Waals surface area contributed by atoms with E-state index in [1.807, 2.05) is 13.8 Å². The van der Waals surface area contributed by atoms with Gasteiger partial charge >= 0.3 is 5.97 Å². The Morgan fingerprint density at radius 3 is 2.67 bits per heavy atom. The van der Waals surface area contributed by atoms with Crippen LogP contribution in [0.4, 0.5) is 0 Å². The minimum absolute atomic E-state index is 0.0676. The van der Waals surface area contributed by atoms with Crippen molar-refractivity contribution < 1.29 is 19.4 Å². The van der Waals surface area contributed by atoms with E-state index in [2.05, 4.69) is 6.58 Å². The van der Waals surface area contributed by atoms with E-state index in [9.17, 15) is 9.59 Å². The Kier molecular flexibility index (Phi) is 6.46. The van der Waals surface area contributed by atoms with Gasteiger partial charge < -0.3 is 14.7 Å². The predicted molar refractivity (Wildman–Crippen MR) is 80.3 cm³/mol. The van der Waals surface area contributed by atoms with E-state index in [0.717, 1.165) is 5.57 Å². The van der Waals surface area contributed by atoms with Crippen LogP contribution in [0.5, 0.6) is 5.75 Å². The zero-order valence-electron chi connectivity index (χ0n) is 12.5. The Balaban J connectivity index is 2.59. The van der Waals surface area contributed by atoms with Crippen LogP contribution in [-0.4, -0.2) is 41.6 Å². The van der Waals surface area contributed by atoms with E-state index >= 15 is 0 Å². The lowest BCUT2D eigenvalue weighted by atomic mass is 10.1. The number of benzene rings is 1. The molecular weight excluding hydrogens is 270 g/mol. The number of hydrogen-bond acceptors (Lipinski definition) is 3. The molecule has 0 radical (unpaired) electrons. The molecule has 0 aliphatic rings. The molecule has 0 bridgehead atoms. The number of carboxylic acid groups (broad SMARTS) is 1. The summed E-state index contributed by atoms with van der Waals surface area (Å²) in [5, 5.41) is 8.75. The number of aliphatic carboxylic acids is 1. The molecule has 0 aromatic heterocycles. The third kappa shape index (κ3) is 6.12. The number of rotatable bonds is 8. The minimum atomic E-state index is -0.901. The van der Waals surface area contributed by atoms with Crippen molar-refractivity contribution in [3.63, 3.8) is 0 Å². The largest absolute Gasteiger partial charge is 0.484 e. The summed E-state index contributed by atoms with van der Waals surface area (Å²) in [6.07, 6.45) is -0.0676. The van der Waals surface area contributed by atoms with Gasteiger partial charge in [0.15, 0.2) is 6.61 Å². The maximum Gasteiger partial charge on any atom is 0.307 e. The molecule has 5 nitrogen and oxygen atoms in total. The molecule has 0 aliphatic carbocycles. The van der Waals surface area contributed by atoms with Crippen LogP contribution in [0.15, 0.2) is 36.4 Å². The molecule has 1 rings (SSSR count). The summed E-state index contributed by atoms with van der Waals surface area (Å²) in [5.41, 5.74) is 1.55. The Bertz CT molecular complexity index is 525. The van der Waals surface area contributed by atoms with Crippen LogP contribution in [0.3, 0.4) is 0 Å². The van der Waals surface area contributed by atoms with Gasteiger partial charge in [-0.05, 0) is 31.5 Å². The third-order valence-corrected chi connectivity index (χ3v) is 2.81. The Morgan fingerprint density at radius 2 is 2.10 bits per heavy atom. The molecule has 0 atom stereocenters. The molecule has 0 saturated heterocycles. The van der Waals surface area contributed by atoms with Crippen molar-refractivity contribution in [1.82, 2.24) is 4.90 Å². The van der Waals surface area contributed by atoms with Crippen LogP contribution in [0.1, 0.15) is 19.4 Å². The highest BCUT2D eigenvalue weighted by atomic mass is 16.5. The fourth-order valence-electron chi connectivity index (χ4n) is 1.86. The van der Waals surface area contributed by atoms with E-state index < -0.39 is 5.97 Å². The number of carbonyl (C=O) groups is 2. The molecule has 1 N–H and O–H groups in total. The topological polar surface area (TPSA) is 66.8 Å². The summed E-state index contributed by atoms with van der Waals surface area (Å²) >= 11 is 0. The van der Waals surface area contributed by atoms with Crippen molar-refractivity contribution in [2.75, 3.05) is 19.7 Å². The first-order valence-electron chi connectivity index (χ1n) is 6.78. The monoisotopic (exact) mass is 291 g/mol. The number of ether oxygens (including phenoxy) is 1. The van der Waals surface area contributed by atoms with Gasteiger partial charge in [-0.25, -0.2) is 0 Å². The molecule has 0 heterocycles. The van der Waals surface area contributed by atoms with Crippen molar-refractivity contribution in [1.29, 1.82) is 0 Å². The van der Waals surface area contributed by atoms with E-state index in [1.165, 1.54) is 0 Å². The van der Waals surface area contributed by atoms with Gasteiger partial charge in [-0.2, -0.15) is 0 Å². The Labute approximate surface area is 124 Å². The summed E-state index contributed by atoms with van der Waals surface area (Å²) in [4.78, 5) is 24.3. The van der Waals surface area contributed by atoms with E-state index in [-0.39, 0.29) is 18.9 Å². The molecule has 0 fully saturated rings. The highest BCUT2D eigenvalue weighted by Gasteiger charge is 2.12. The number of nitrogens with zero attached hydrogens (tertiary/aromatic N) is 1. The molecule has 5 heteroatoms. The van der Waals surface area contributed by atoms with Crippen molar-refractivity contribution in [3.05, 3.63) is 42.0 Å². The van der Waals surface area contributed by atoms with Gasteiger partial charge in [-0.1, -0.05) is 24.3 Å². The number of likely N-dealkylation sites (N-methyl/N-ethyl adjacent to an activating group) is 1. The number of amides is 1. The van der Waals surface area contributed by atoms with Crippen molar-refractivity contribution in [2.24, 2.45) is 0 Å². The van der Waals surface area contributed by atoms with E-state index in [1.54, 1.807) is 29.2 Å². The zero-order valence-corrected chi connectivity index (χ0v) is 12.5. The van der Waals surface area contributed by atoms with Gasteiger partial charge in [0, 0.05) is 13.1 Å². The van der Waals surface area contributed by atoms with Crippen molar-refractivity contribution >= 4 is 11.9 Å². The lowest BCUT2D eigenvalue weighted by Gasteiger charge is -2.21. The summed E-state index contributed by atoms with van der Waals surface area (Å²) in [6.45, 7) is 8.59. The van der Waals surface area contributed by atoms with Gasteiger partial charge in [0.05, 0.1) is 6.42 Å². The molecule has 0 aliphatic heterocycles. The summed E-state index contributed by atoms with van der Waals surface area (Å²) in [5.74, 6) is -0.528. The second kappa shape index (κ2) is 8.09. The van der Waals surface area contributed by atoms with Gasteiger partial charge in [-0.3, -0.25) is 9.59 Å². The van der Waals surface area contributed by atoms with Crippen molar-refractivity contribution in [3.8, 4) is 5.75 Å². The van der Waals surface area contributed by atoms with Crippen LogP contribution in [0.2, 0.25) is 0 Å². The maximum atomic E-state index is 12.0. The highest BCUT2D eigenvalue weighted by molar-refractivity contribution is 5.78. The number of carboxylic acids is 1. The first-order chi connectivity index (χ1) is 9.92. The first-order valence-corrected chi connectivity index (χ1v) is 6.78. The highest BCUT2D eigenvalue weighted by Crippen LogP contribution is 2.14. The lowest BCUT2D eigenvalue weighted by Crippen LogP contribution is -2.35. The second-order valence-corrected chi connectivity index (χ2v) is 4.87. The fourth-order valence-corrected chi connectivity index (χ4v) is 1.86. The second-order valence-electron chi connectivity index (χ2n) is 4.87. The predicted octanol–water partition coefficient (Wildman–Crippen LogP) is 2.12. The summed E-state index contributed by atoms with van der Waals surface area (Å²) in [7, 11) is 0. The van der Waals surface area contributed by atoms with Crippen LogP contribution in [0, 0.1) is 0 Å². The fraction of sp³-hybridized carbons (Fsp3) is 0.375. The quantitative estimate of drug-likeness (QED) is 0.745. The third-order valence-electron chi connectivity index (χ3n) is 2.81. The van der Waals surface area contributed by atoms with E-state index in [0.29, 0.717) is 24.4 Å². The standard InChI is InChI=1S/C16H21NO4/c1-4-17(10-12(2)3)15(18)11-21-14-7-5-6-13(8-14)9-16(19)20/h5-8H,2,4,9-11H2,1,3H3,(H,19,20). The molecule has 114 valence electrons. The van der Waals surface area contributed by atoms with Crippen LogP contribution < -0.4 is 4.74 Å². The number of carbonyl (C=O) groups excluding carboxylic acids is 1. The molecule has 0 unspecified atom stereocenters. The molecular formula is C16H21NO4. The maximum absolute atomic E-state index is 12.0. The lowest BCUT2D eigenvalue weighted by molar-refractivity contribution is -0.136. The molecule has 0 spiro atoms. The van der Waals surface area contributed by atoms with Crippen molar-refractivity contribution in [2.45, 2.75) is 20.3 Å². The number of hydrogen-bond donors (Lipinski definition) is 1. The van der Waals surface area contributed by atoms with Crippen LogP contribution in [0.25, 0.3) is 0 Å². The molecule has 0 saturated carbocycles. The zero-order chi connectivity index (χ0) is 15.8. The van der Waals surface area contributed by atoms with Crippen LogP contribution in [-0.2, 0) is 16.0 Å². The Hall–Kier alpha value is -2.30. The van der Waals surface area contributed by atoms with Gasteiger partial charge in [0.25, 0.3) is 5.91 Å². The minimum Gasteiger partial charge on any atom is -0.484 e. The Morgan fingerprint density at radius 1 is 1.38 bits per heavy atom. The SMILES string of the molecule is C=C(C)CN(CC)C(=O)COc1cccc(CC(=O)O)c1. The first kappa shape index (κ1) is 16.8. The normalized spacial score (nSPS) is 10.0. The molecule has 1 aromatic rings.